The van der Waals surface area contributed by atoms with Crippen LogP contribution in [0.5, 0.6) is 0 Å². The number of rotatable bonds is 10. The number of carbonyl (C=O) groups excluding carboxylic acids is 2. The maximum absolute atomic E-state index is 13.6. The Balaban J connectivity index is 1.44. The van der Waals surface area contributed by atoms with Crippen molar-refractivity contribution in [1.29, 1.82) is 0 Å². The second-order valence-corrected chi connectivity index (χ2v) is 10.5. The van der Waals surface area contributed by atoms with Crippen molar-refractivity contribution in [2.24, 2.45) is 16.5 Å². The SMILES string of the molecule is CC[C@H](CN1CC[C@H](CNC(=O)c2ccc3cc(Cl)ccc3c2)N[C@H](CCN=C(N)N)C1=O)c1ccccc1. The van der Waals surface area contributed by atoms with Crippen LogP contribution in [-0.4, -0.2) is 60.9 Å². The van der Waals surface area contributed by atoms with E-state index in [0.29, 0.717) is 49.6 Å². The summed E-state index contributed by atoms with van der Waals surface area (Å²) in [7, 11) is 0. The Labute approximate surface area is 234 Å². The van der Waals surface area contributed by atoms with Crippen LogP contribution in [0.4, 0.5) is 0 Å². The number of amides is 2. The van der Waals surface area contributed by atoms with Gasteiger partial charge in [0.1, 0.15) is 0 Å². The number of carbonyl (C=O) groups is 2. The zero-order chi connectivity index (χ0) is 27.8. The number of guanidine groups is 1. The average molecular weight is 549 g/mol. The van der Waals surface area contributed by atoms with Gasteiger partial charge >= 0.3 is 0 Å². The summed E-state index contributed by atoms with van der Waals surface area (Å²) in [6.45, 7) is 4.13. The molecule has 1 fully saturated rings. The molecule has 0 radical (unpaired) electrons. The molecule has 0 aliphatic carbocycles. The molecule has 0 bridgehead atoms. The van der Waals surface area contributed by atoms with Crippen molar-refractivity contribution in [1.82, 2.24) is 15.5 Å². The van der Waals surface area contributed by atoms with Gasteiger partial charge in [-0.1, -0.05) is 61.0 Å². The zero-order valence-corrected chi connectivity index (χ0v) is 23.0. The van der Waals surface area contributed by atoms with E-state index in [1.807, 2.05) is 53.4 Å². The molecule has 0 aromatic heterocycles. The minimum absolute atomic E-state index is 0.00419. The molecule has 3 aromatic carbocycles. The van der Waals surface area contributed by atoms with Gasteiger partial charge in [-0.25, -0.2) is 0 Å². The summed E-state index contributed by atoms with van der Waals surface area (Å²) in [5, 5.41) is 9.11. The first-order valence-electron chi connectivity index (χ1n) is 13.5. The monoisotopic (exact) mass is 548 g/mol. The summed E-state index contributed by atoms with van der Waals surface area (Å²) in [6.07, 6.45) is 2.11. The summed E-state index contributed by atoms with van der Waals surface area (Å²) in [5.41, 5.74) is 12.8. The molecule has 0 saturated carbocycles. The third-order valence-corrected chi connectivity index (χ3v) is 7.52. The highest BCUT2D eigenvalue weighted by atomic mass is 35.5. The molecule has 4 rings (SSSR count). The Morgan fingerprint density at radius 1 is 1.13 bits per heavy atom. The van der Waals surface area contributed by atoms with E-state index in [2.05, 4.69) is 34.7 Å². The molecular formula is C30H37ClN6O2. The molecule has 6 N–H and O–H groups in total. The van der Waals surface area contributed by atoms with Gasteiger partial charge < -0.3 is 27.0 Å². The van der Waals surface area contributed by atoms with E-state index in [4.69, 9.17) is 23.1 Å². The minimum Gasteiger partial charge on any atom is -0.370 e. The fourth-order valence-electron chi connectivity index (χ4n) is 5.09. The number of nitrogens with zero attached hydrogens (tertiary/aromatic N) is 2. The number of nitrogens with one attached hydrogen (secondary N) is 2. The zero-order valence-electron chi connectivity index (χ0n) is 22.3. The molecule has 39 heavy (non-hydrogen) atoms. The lowest BCUT2D eigenvalue weighted by atomic mass is 9.95. The van der Waals surface area contributed by atoms with Crippen LogP contribution < -0.4 is 22.1 Å². The van der Waals surface area contributed by atoms with Gasteiger partial charge in [-0.2, -0.15) is 0 Å². The fourth-order valence-corrected chi connectivity index (χ4v) is 5.27. The molecule has 1 saturated heterocycles. The van der Waals surface area contributed by atoms with Crippen molar-refractivity contribution >= 4 is 40.1 Å². The molecule has 1 heterocycles. The lowest BCUT2D eigenvalue weighted by Crippen LogP contribution is -2.49. The predicted octanol–water partition coefficient (Wildman–Crippen LogP) is 3.64. The topological polar surface area (TPSA) is 126 Å². The molecule has 8 nitrogen and oxygen atoms in total. The number of hydrogen-bond acceptors (Lipinski definition) is 4. The molecule has 2 amide bonds. The molecule has 9 heteroatoms. The van der Waals surface area contributed by atoms with Crippen molar-refractivity contribution in [2.45, 2.75) is 44.2 Å². The first kappa shape index (κ1) is 28.4. The highest BCUT2D eigenvalue weighted by Crippen LogP contribution is 2.23. The van der Waals surface area contributed by atoms with Crippen LogP contribution >= 0.6 is 11.6 Å². The second-order valence-electron chi connectivity index (χ2n) is 10.0. The van der Waals surface area contributed by atoms with E-state index in [0.717, 1.165) is 17.2 Å². The van der Waals surface area contributed by atoms with E-state index in [-0.39, 0.29) is 29.7 Å². The smallest absolute Gasteiger partial charge is 0.251 e. The Morgan fingerprint density at radius 3 is 2.62 bits per heavy atom. The summed E-state index contributed by atoms with van der Waals surface area (Å²) >= 11 is 6.08. The Morgan fingerprint density at radius 2 is 1.87 bits per heavy atom. The van der Waals surface area contributed by atoms with Crippen molar-refractivity contribution in [3.8, 4) is 0 Å². The molecule has 3 atom stereocenters. The molecule has 0 spiro atoms. The predicted molar refractivity (Wildman–Crippen MR) is 158 cm³/mol. The van der Waals surface area contributed by atoms with Crippen LogP contribution in [0.25, 0.3) is 10.8 Å². The van der Waals surface area contributed by atoms with Gasteiger partial charge in [0.25, 0.3) is 5.91 Å². The van der Waals surface area contributed by atoms with Gasteiger partial charge in [0.05, 0.1) is 6.04 Å². The number of fused-ring (bicyclic) bond motifs is 1. The van der Waals surface area contributed by atoms with Crippen molar-refractivity contribution in [3.05, 3.63) is 82.9 Å². The molecule has 1 aliphatic heterocycles. The molecule has 1 aliphatic rings. The average Bonchev–Trinajstić information content (AvgIpc) is 3.08. The van der Waals surface area contributed by atoms with Gasteiger partial charge in [-0.15, -0.1) is 0 Å². The highest BCUT2D eigenvalue weighted by Gasteiger charge is 2.32. The van der Waals surface area contributed by atoms with Gasteiger partial charge in [-0.05, 0) is 59.9 Å². The van der Waals surface area contributed by atoms with E-state index >= 15 is 0 Å². The van der Waals surface area contributed by atoms with Crippen LogP contribution in [0.3, 0.4) is 0 Å². The number of aliphatic imine (C=N–C) groups is 1. The first-order chi connectivity index (χ1) is 18.8. The third-order valence-electron chi connectivity index (χ3n) is 7.28. The highest BCUT2D eigenvalue weighted by molar-refractivity contribution is 6.31. The van der Waals surface area contributed by atoms with Crippen LogP contribution in [0.2, 0.25) is 5.02 Å². The van der Waals surface area contributed by atoms with Crippen LogP contribution in [0.15, 0.2) is 71.7 Å². The lowest BCUT2D eigenvalue weighted by molar-refractivity contribution is -0.133. The molecule has 0 unspecified atom stereocenters. The molecular weight excluding hydrogens is 512 g/mol. The summed E-state index contributed by atoms with van der Waals surface area (Å²) in [5.74, 6) is 0.127. The first-order valence-corrected chi connectivity index (χ1v) is 13.8. The quantitative estimate of drug-likeness (QED) is 0.227. The summed E-state index contributed by atoms with van der Waals surface area (Å²) in [6, 6.07) is 20.9. The van der Waals surface area contributed by atoms with Crippen molar-refractivity contribution in [3.63, 3.8) is 0 Å². The summed E-state index contributed by atoms with van der Waals surface area (Å²) < 4.78 is 0. The Hall–Kier alpha value is -3.62. The van der Waals surface area contributed by atoms with E-state index in [1.54, 1.807) is 6.07 Å². The van der Waals surface area contributed by atoms with E-state index in [1.165, 1.54) is 5.56 Å². The number of nitrogens with two attached hydrogens (primary N) is 2. The molecule has 206 valence electrons. The van der Waals surface area contributed by atoms with Gasteiger partial charge in [0.15, 0.2) is 5.96 Å². The second kappa shape index (κ2) is 13.4. The van der Waals surface area contributed by atoms with Crippen molar-refractivity contribution < 1.29 is 9.59 Å². The van der Waals surface area contributed by atoms with E-state index in [9.17, 15) is 9.59 Å². The van der Waals surface area contributed by atoms with Gasteiger partial charge in [0, 0.05) is 48.7 Å². The fraction of sp³-hybridized carbons (Fsp3) is 0.367. The van der Waals surface area contributed by atoms with Crippen LogP contribution in [-0.2, 0) is 4.79 Å². The minimum atomic E-state index is -0.448. The third kappa shape index (κ3) is 7.71. The number of hydrogen-bond donors (Lipinski definition) is 4. The largest absolute Gasteiger partial charge is 0.370 e. The Bertz CT molecular complexity index is 1310. The maximum Gasteiger partial charge on any atom is 0.251 e. The van der Waals surface area contributed by atoms with Crippen LogP contribution in [0, 0.1) is 0 Å². The van der Waals surface area contributed by atoms with Crippen molar-refractivity contribution in [2.75, 3.05) is 26.2 Å². The van der Waals surface area contributed by atoms with Crippen LogP contribution in [0.1, 0.15) is 48.0 Å². The van der Waals surface area contributed by atoms with Gasteiger partial charge in [-0.3, -0.25) is 14.6 Å². The standard InChI is InChI=1S/C30H37ClN6O2/c1-2-20(21-6-4-3-5-7-21)19-37-15-13-26(36-27(29(37)39)12-14-34-30(32)33)18-35-28(38)24-9-8-23-17-25(31)11-10-22(23)16-24/h3-11,16-17,20,26-27,36H,2,12-15,18-19H2,1H3,(H,35,38)(H4,32,33,34)/t20-,26-,27-/m1/s1. The normalized spacial score (nSPS) is 18.4. The summed E-state index contributed by atoms with van der Waals surface area (Å²) in [4.78, 5) is 32.6. The van der Waals surface area contributed by atoms with Gasteiger partial charge in [0.2, 0.25) is 5.91 Å². The van der Waals surface area contributed by atoms with E-state index < -0.39 is 6.04 Å². The molecule has 3 aromatic rings. The lowest BCUT2D eigenvalue weighted by Gasteiger charge is -2.28. The number of benzene rings is 3. The number of halogens is 1. The maximum atomic E-state index is 13.6. The Kier molecular flexibility index (Phi) is 9.79.